The lowest BCUT2D eigenvalue weighted by atomic mass is 10.1. The topological polar surface area (TPSA) is 35.5 Å². The number of unbranched alkanes of at least 4 members (excludes halogenated alkanes) is 2. The highest BCUT2D eigenvalue weighted by molar-refractivity contribution is 5.86. The van der Waals surface area contributed by atoms with Gasteiger partial charge in [0.1, 0.15) is 0 Å². The fourth-order valence-corrected chi connectivity index (χ4v) is 1.36. The van der Waals surface area contributed by atoms with Crippen LogP contribution in [0.25, 0.3) is 0 Å². The molecule has 0 spiro atoms. The minimum absolute atomic E-state index is 0.125. The molecular formula is C13H24O3. The molecule has 0 aromatic carbocycles. The molecule has 2 atom stereocenters. The van der Waals surface area contributed by atoms with Crippen LogP contribution in [0.4, 0.5) is 0 Å². The summed E-state index contributed by atoms with van der Waals surface area (Å²) in [6.45, 7) is 11.0. The van der Waals surface area contributed by atoms with Crippen molar-refractivity contribution < 1.29 is 14.3 Å². The lowest BCUT2D eigenvalue weighted by Crippen LogP contribution is -2.23. The maximum atomic E-state index is 11.2. The average Bonchev–Trinajstić information content (AvgIpc) is 2.17. The minimum atomic E-state index is -0.499. The Balaban J connectivity index is 3.73. The molecule has 0 aromatic rings. The summed E-state index contributed by atoms with van der Waals surface area (Å²) in [4.78, 5) is 11.2. The van der Waals surface area contributed by atoms with Crippen molar-refractivity contribution in [2.75, 3.05) is 0 Å². The van der Waals surface area contributed by atoms with E-state index in [0.717, 1.165) is 12.8 Å². The third kappa shape index (κ3) is 7.46. The molecule has 0 saturated heterocycles. The van der Waals surface area contributed by atoms with Crippen LogP contribution >= 0.6 is 0 Å². The number of carbonyl (C=O) groups excluding carboxylic acids is 1. The Morgan fingerprint density at radius 1 is 1.31 bits per heavy atom. The van der Waals surface area contributed by atoms with Crippen molar-refractivity contribution in [1.29, 1.82) is 0 Å². The van der Waals surface area contributed by atoms with Crippen LogP contribution in [0.1, 0.15) is 53.4 Å². The van der Waals surface area contributed by atoms with Crippen LogP contribution in [0.3, 0.4) is 0 Å². The predicted octanol–water partition coefficient (Wildman–Crippen LogP) is 3.44. The largest absolute Gasteiger partial charge is 0.433 e. The van der Waals surface area contributed by atoms with Crippen LogP contribution < -0.4 is 0 Å². The second kappa shape index (κ2) is 8.34. The Hall–Kier alpha value is -0.830. The van der Waals surface area contributed by atoms with Gasteiger partial charge >= 0.3 is 5.97 Å². The normalized spacial score (nSPS) is 14.2. The molecule has 0 N–H and O–H groups in total. The van der Waals surface area contributed by atoms with Crippen molar-refractivity contribution >= 4 is 5.97 Å². The van der Waals surface area contributed by atoms with Gasteiger partial charge in [-0.3, -0.25) is 0 Å². The van der Waals surface area contributed by atoms with Crippen molar-refractivity contribution in [3.05, 3.63) is 12.2 Å². The first-order valence-electron chi connectivity index (χ1n) is 5.99. The minimum Gasteiger partial charge on any atom is -0.433 e. The fourth-order valence-electron chi connectivity index (χ4n) is 1.36. The summed E-state index contributed by atoms with van der Waals surface area (Å²) >= 11 is 0. The fraction of sp³-hybridized carbons (Fsp3) is 0.769. The smallest absolute Gasteiger partial charge is 0.335 e. The van der Waals surface area contributed by atoms with Crippen LogP contribution in [-0.2, 0) is 14.3 Å². The first-order chi connectivity index (χ1) is 7.47. The molecule has 0 aromatic heterocycles. The van der Waals surface area contributed by atoms with E-state index in [1.807, 2.05) is 6.92 Å². The van der Waals surface area contributed by atoms with Gasteiger partial charge in [0.25, 0.3) is 0 Å². The molecular weight excluding hydrogens is 204 g/mol. The summed E-state index contributed by atoms with van der Waals surface area (Å²) in [5, 5.41) is 0. The monoisotopic (exact) mass is 228 g/mol. The number of esters is 1. The molecule has 0 aliphatic carbocycles. The van der Waals surface area contributed by atoms with E-state index in [9.17, 15) is 4.79 Å². The van der Waals surface area contributed by atoms with Gasteiger partial charge in [0.15, 0.2) is 0 Å². The molecule has 0 amide bonds. The highest BCUT2D eigenvalue weighted by atomic mass is 16.7. The molecule has 2 unspecified atom stereocenters. The van der Waals surface area contributed by atoms with E-state index in [0.29, 0.717) is 5.57 Å². The van der Waals surface area contributed by atoms with Crippen LogP contribution in [0.15, 0.2) is 12.2 Å². The molecule has 0 aliphatic heterocycles. The molecule has 0 bridgehead atoms. The SMILES string of the molecule is C=C(C)C(=O)OC(C)OC(C)CCCCC. The molecule has 3 heteroatoms. The average molecular weight is 228 g/mol. The first-order valence-corrected chi connectivity index (χ1v) is 5.99. The van der Waals surface area contributed by atoms with Gasteiger partial charge in [-0.25, -0.2) is 4.79 Å². The number of ether oxygens (including phenoxy) is 2. The maximum Gasteiger partial charge on any atom is 0.335 e. The summed E-state index contributed by atoms with van der Waals surface area (Å²) < 4.78 is 10.6. The summed E-state index contributed by atoms with van der Waals surface area (Å²) in [7, 11) is 0. The molecule has 0 rings (SSSR count). The number of carbonyl (C=O) groups is 1. The van der Waals surface area contributed by atoms with E-state index in [1.165, 1.54) is 12.8 Å². The Morgan fingerprint density at radius 3 is 2.44 bits per heavy atom. The summed E-state index contributed by atoms with van der Waals surface area (Å²) in [5.74, 6) is -0.395. The molecule has 94 valence electrons. The van der Waals surface area contributed by atoms with Gasteiger partial charge in [0.2, 0.25) is 6.29 Å². The second-order valence-corrected chi connectivity index (χ2v) is 4.20. The quantitative estimate of drug-likeness (QED) is 0.276. The van der Waals surface area contributed by atoms with Crippen LogP contribution in [0.5, 0.6) is 0 Å². The first kappa shape index (κ1) is 15.2. The molecule has 0 fully saturated rings. The van der Waals surface area contributed by atoms with Crippen LogP contribution in [0.2, 0.25) is 0 Å². The van der Waals surface area contributed by atoms with E-state index in [-0.39, 0.29) is 6.10 Å². The number of rotatable bonds is 8. The van der Waals surface area contributed by atoms with Crippen molar-refractivity contribution in [3.8, 4) is 0 Å². The maximum absolute atomic E-state index is 11.2. The van der Waals surface area contributed by atoms with E-state index in [2.05, 4.69) is 13.5 Å². The molecule has 0 saturated carbocycles. The Morgan fingerprint density at radius 2 is 1.94 bits per heavy atom. The highest BCUT2D eigenvalue weighted by Crippen LogP contribution is 2.10. The molecule has 0 aliphatic rings. The Labute approximate surface area is 98.8 Å². The second-order valence-electron chi connectivity index (χ2n) is 4.20. The number of hydrogen-bond acceptors (Lipinski definition) is 3. The standard InChI is InChI=1S/C13H24O3/c1-6-7-8-9-11(4)15-12(5)16-13(14)10(2)3/h11-12H,2,6-9H2,1,3-5H3. The third-order valence-electron chi connectivity index (χ3n) is 2.26. The van der Waals surface area contributed by atoms with Crippen molar-refractivity contribution in [3.63, 3.8) is 0 Å². The predicted molar refractivity (Wildman–Crippen MR) is 65.1 cm³/mol. The molecule has 16 heavy (non-hydrogen) atoms. The zero-order valence-corrected chi connectivity index (χ0v) is 10.9. The van der Waals surface area contributed by atoms with Crippen molar-refractivity contribution in [1.82, 2.24) is 0 Å². The summed E-state index contributed by atoms with van der Waals surface area (Å²) in [5.41, 5.74) is 0.397. The molecule has 0 radical (unpaired) electrons. The van der Waals surface area contributed by atoms with Gasteiger partial charge in [0, 0.05) is 5.57 Å². The van der Waals surface area contributed by atoms with Gasteiger partial charge in [-0.1, -0.05) is 32.8 Å². The van der Waals surface area contributed by atoms with Gasteiger partial charge in [0.05, 0.1) is 6.10 Å². The van der Waals surface area contributed by atoms with Gasteiger partial charge < -0.3 is 9.47 Å². The van der Waals surface area contributed by atoms with Crippen molar-refractivity contribution in [2.45, 2.75) is 65.8 Å². The van der Waals surface area contributed by atoms with E-state index >= 15 is 0 Å². The zero-order valence-electron chi connectivity index (χ0n) is 10.9. The Kier molecular flexibility index (Phi) is 7.90. The summed E-state index contributed by atoms with van der Waals surface area (Å²) in [6.07, 6.45) is 4.20. The van der Waals surface area contributed by atoms with Gasteiger partial charge in [-0.05, 0) is 27.2 Å². The van der Waals surface area contributed by atoms with E-state index in [4.69, 9.17) is 9.47 Å². The van der Waals surface area contributed by atoms with Gasteiger partial charge in [-0.2, -0.15) is 0 Å². The zero-order chi connectivity index (χ0) is 12.6. The molecule has 3 nitrogen and oxygen atoms in total. The Bertz CT molecular complexity index is 223. The third-order valence-corrected chi connectivity index (χ3v) is 2.26. The lowest BCUT2D eigenvalue weighted by Gasteiger charge is -2.19. The van der Waals surface area contributed by atoms with Crippen molar-refractivity contribution in [2.24, 2.45) is 0 Å². The van der Waals surface area contributed by atoms with E-state index in [1.54, 1.807) is 13.8 Å². The summed E-state index contributed by atoms with van der Waals surface area (Å²) in [6, 6.07) is 0. The van der Waals surface area contributed by atoms with E-state index < -0.39 is 12.3 Å². The highest BCUT2D eigenvalue weighted by Gasteiger charge is 2.13. The lowest BCUT2D eigenvalue weighted by molar-refractivity contribution is -0.179. The van der Waals surface area contributed by atoms with Crippen LogP contribution in [0, 0.1) is 0 Å². The number of hydrogen-bond donors (Lipinski definition) is 0. The van der Waals surface area contributed by atoms with Crippen LogP contribution in [-0.4, -0.2) is 18.4 Å². The molecule has 0 heterocycles. The van der Waals surface area contributed by atoms with Gasteiger partial charge in [-0.15, -0.1) is 0 Å².